The van der Waals surface area contributed by atoms with Crippen LogP contribution in [0.25, 0.3) is 16.8 Å². The SMILES string of the molecule is COc1cc2c(c(OC)c1OC)-c1ccc(NCCCCCC(=O)N[C@@H](C)c3nnc4ccccn34)c(=O)cc1[C@@H](NC(C)=O)CC2. The summed E-state index contributed by atoms with van der Waals surface area (Å²) in [7, 11) is 4.71. The van der Waals surface area contributed by atoms with Crippen molar-refractivity contribution in [1.82, 2.24) is 25.2 Å². The van der Waals surface area contributed by atoms with E-state index in [9.17, 15) is 14.4 Å². The lowest BCUT2D eigenvalue weighted by Gasteiger charge is -2.19. The van der Waals surface area contributed by atoms with Gasteiger partial charge in [-0.05, 0) is 79.6 Å². The highest BCUT2D eigenvalue weighted by Gasteiger charge is 2.29. The predicted octanol–water partition coefficient (Wildman–Crippen LogP) is 4.76. The van der Waals surface area contributed by atoms with Gasteiger partial charge in [0.15, 0.2) is 23.0 Å². The van der Waals surface area contributed by atoms with Gasteiger partial charge in [-0.2, -0.15) is 0 Å². The second-order valence-corrected chi connectivity index (χ2v) is 11.6. The van der Waals surface area contributed by atoms with Gasteiger partial charge in [-0.3, -0.25) is 18.8 Å². The molecule has 0 fully saturated rings. The summed E-state index contributed by atoms with van der Waals surface area (Å²) in [5, 5.41) is 17.7. The number of hydrogen-bond acceptors (Lipinski definition) is 9. The molecule has 0 saturated heterocycles. The lowest BCUT2D eigenvalue weighted by Crippen LogP contribution is -2.27. The third-order valence-corrected chi connectivity index (χ3v) is 8.42. The summed E-state index contributed by atoms with van der Waals surface area (Å²) in [6.45, 7) is 3.93. The van der Waals surface area contributed by atoms with E-state index in [0.717, 1.165) is 35.2 Å². The molecular weight excluding hydrogens is 600 g/mol. The standard InChI is InChI=1S/C35H42N6O6/c1-21(35-40-39-30-11-8-10-18-41(30)35)37-31(44)12-7-6-9-17-36-27-16-14-24-25(20-28(27)43)26(38-22(2)42)15-13-23-19-29(45-3)33(46-4)34(47-5)32(23)24/h8,10-11,14,16,18-21,26H,6-7,9,12-13,15,17H2,1-5H3,(H,36,43)(H,37,44)(H,38,42)/t21-,26-/m0/s1. The van der Waals surface area contributed by atoms with Crippen LogP contribution in [0.15, 0.2) is 53.5 Å². The summed E-state index contributed by atoms with van der Waals surface area (Å²) >= 11 is 0. The molecule has 0 bridgehead atoms. The zero-order chi connectivity index (χ0) is 33.5. The molecule has 248 valence electrons. The Balaban J connectivity index is 1.26. The molecule has 2 atom stereocenters. The van der Waals surface area contributed by atoms with Crippen LogP contribution in [0.1, 0.15) is 75.0 Å². The zero-order valence-electron chi connectivity index (χ0n) is 27.5. The Morgan fingerprint density at radius 1 is 1.00 bits per heavy atom. The van der Waals surface area contributed by atoms with Gasteiger partial charge < -0.3 is 30.2 Å². The van der Waals surface area contributed by atoms with E-state index in [1.807, 2.05) is 47.9 Å². The van der Waals surface area contributed by atoms with Crippen molar-refractivity contribution in [2.24, 2.45) is 0 Å². The van der Waals surface area contributed by atoms with Crippen LogP contribution >= 0.6 is 0 Å². The molecule has 2 aromatic heterocycles. The molecule has 4 aromatic rings. The summed E-state index contributed by atoms with van der Waals surface area (Å²) in [4.78, 5) is 38.3. The van der Waals surface area contributed by atoms with Crippen LogP contribution in [0.5, 0.6) is 17.2 Å². The van der Waals surface area contributed by atoms with E-state index in [1.165, 1.54) is 6.92 Å². The monoisotopic (exact) mass is 642 g/mol. The maximum atomic E-state index is 13.5. The lowest BCUT2D eigenvalue weighted by molar-refractivity contribution is -0.122. The third-order valence-electron chi connectivity index (χ3n) is 8.42. The Hall–Kier alpha value is -5.13. The number of hydrogen-bond donors (Lipinski definition) is 3. The van der Waals surface area contributed by atoms with Gasteiger partial charge >= 0.3 is 0 Å². The van der Waals surface area contributed by atoms with Gasteiger partial charge in [0.25, 0.3) is 0 Å². The fraction of sp³-hybridized carbons (Fsp3) is 0.400. The summed E-state index contributed by atoms with van der Waals surface area (Å²) in [5.41, 5.74) is 4.26. The highest BCUT2D eigenvalue weighted by molar-refractivity contribution is 5.83. The van der Waals surface area contributed by atoms with Gasteiger partial charge in [-0.25, -0.2) is 0 Å². The van der Waals surface area contributed by atoms with Crippen LogP contribution in [0.2, 0.25) is 0 Å². The lowest BCUT2D eigenvalue weighted by atomic mass is 9.95. The molecule has 1 aliphatic carbocycles. The second-order valence-electron chi connectivity index (χ2n) is 11.6. The number of anilines is 1. The molecule has 2 amide bonds. The molecule has 0 aliphatic heterocycles. The van der Waals surface area contributed by atoms with Crippen molar-refractivity contribution in [3.63, 3.8) is 0 Å². The molecule has 5 rings (SSSR count). The molecule has 12 nitrogen and oxygen atoms in total. The predicted molar refractivity (Wildman–Crippen MR) is 179 cm³/mol. The maximum absolute atomic E-state index is 13.5. The number of rotatable bonds is 13. The van der Waals surface area contributed by atoms with Gasteiger partial charge in [0, 0.05) is 31.6 Å². The molecule has 2 heterocycles. The number of fused-ring (bicyclic) bond motifs is 4. The Labute approximate surface area is 273 Å². The zero-order valence-corrected chi connectivity index (χ0v) is 27.5. The number of methoxy groups -OCH3 is 3. The fourth-order valence-electron chi connectivity index (χ4n) is 6.20. The van der Waals surface area contributed by atoms with Crippen molar-refractivity contribution in [3.05, 3.63) is 75.8 Å². The Morgan fingerprint density at radius 2 is 1.81 bits per heavy atom. The summed E-state index contributed by atoms with van der Waals surface area (Å²) in [5.74, 6) is 1.97. The molecule has 2 aromatic carbocycles. The fourth-order valence-corrected chi connectivity index (χ4v) is 6.20. The van der Waals surface area contributed by atoms with Crippen LogP contribution in [-0.4, -0.2) is 54.3 Å². The van der Waals surface area contributed by atoms with Crippen molar-refractivity contribution in [2.75, 3.05) is 33.2 Å². The molecular formula is C35H42N6O6. The number of unbranched alkanes of at least 4 members (excludes halogenated alkanes) is 2. The number of carbonyl (C=O) groups is 2. The molecule has 0 spiro atoms. The first-order valence-corrected chi connectivity index (χ1v) is 15.9. The van der Waals surface area contributed by atoms with E-state index in [1.54, 1.807) is 33.5 Å². The minimum atomic E-state index is -0.373. The molecule has 12 heteroatoms. The molecule has 47 heavy (non-hydrogen) atoms. The van der Waals surface area contributed by atoms with Crippen LogP contribution in [0, 0.1) is 0 Å². The van der Waals surface area contributed by atoms with Gasteiger partial charge in [-0.1, -0.05) is 18.6 Å². The van der Waals surface area contributed by atoms with E-state index in [2.05, 4.69) is 26.1 Å². The minimum absolute atomic E-state index is 0.0461. The minimum Gasteiger partial charge on any atom is -0.493 e. The Kier molecular flexibility index (Phi) is 10.6. The average Bonchev–Trinajstić information content (AvgIpc) is 3.36. The second kappa shape index (κ2) is 15.0. The normalized spacial score (nSPS) is 14.3. The first kappa shape index (κ1) is 33.2. The topological polar surface area (TPSA) is 145 Å². The van der Waals surface area contributed by atoms with Crippen molar-refractivity contribution < 1.29 is 23.8 Å². The highest BCUT2D eigenvalue weighted by atomic mass is 16.5. The number of aromatic nitrogens is 3. The first-order valence-electron chi connectivity index (χ1n) is 15.9. The number of nitrogens with one attached hydrogen (secondary N) is 3. The first-order chi connectivity index (χ1) is 22.7. The summed E-state index contributed by atoms with van der Waals surface area (Å²) < 4.78 is 19.0. The Morgan fingerprint density at radius 3 is 2.55 bits per heavy atom. The number of nitrogens with zero attached hydrogens (tertiary/aromatic N) is 3. The van der Waals surface area contributed by atoms with Crippen LogP contribution in [0.3, 0.4) is 0 Å². The van der Waals surface area contributed by atoms with Crippen molar-refractivity contribution >= 4 is 23.1 Å². The van der Waals surface area contributed by atoms with E-state index >= 15 is 0 Å². The highest BCUT2D eigenvalue weighted by Crippen LogP contribution is 2.50. The Bertz CT molecular complexity index is 1820. The van der Waals surface area contributed by atoms with Crippen LogP contribution in [-0.2, 0) is 16.0 Å². The quantitative estimate of drug-likeness (QED) is 0.176. The molecule has 0 saturated carbocycles. The van der Waals surface area contributed by atoms with E-state index < -0.39 is 0 Å². The smallest absolute Gasteiger partial charge is 0.220 e. The number of pyridine rings is 1. The molecule has 0 radical (unpaired) electrons. The average molecular weight is 643 g/mol. The summed E-state index contributed by atoms with van der Waals surface area (Å²) in [6.07, 6.45) is 5.78. The summed E-state index contributed by atoms with van der Waals surface area (Å²) in [6, 6.07) is 12.2. The van der Waals surface area contributed by atoms with Crippen LogP contribution in [0.4, 0.5) is 5.69 Å². The van der Waals surface area contributed by atoms with Gasteiger partial charge in [0.2, 0.25) is 23.0 Å². The number of aryl methyl sites for hydroxylation is 1. The van der Waals surface area contributed by atoms with E-state index in [4.69, 9.17) is 14.2 Å². The van der Waals surface area contributed by atoms with Crippen molar-refractivity contribution in [3.8, 4) is 28.4 Å². The molecule has 0 unspecified atom stereocenters. The largest absolute Gasteiger partial charge is 0.493 e. The van der Waals surface area contributed by atoms with Crippen molar-refractivity contribution in [2.45, 2.75) is 64.5 Å². The number of benzene rings is 1. The van der Waals surface area contributed by atoms with E-state index in [-0.39, 0.29) is 29.3 Å². The molecule has 1 aliphatic rings. The van der Waals surface area contributed by atoms with E-state index in [0.29, 0.717) is 66.6 Å². The number of carbonyl (C=O) groups excluding carboxylic acids is 2. The van der Waals surface area contributed by atoms with Gasteiger partial charge in [0.05, 0.1) is 39.1 Å². The molecule has 3 N–H and O–H groups in total. The van der Waals surface area contributed by atoms with Crippen molar-refractivity contribution in [1.29, 1.82) is 0 Å². The maximum Gasteiger partial charge on any atom is 0.220 e. The van der Waals surface area contributed by atoms with Gasteiger partial charge in [-0.15, -0.1) is 10.2 Å². The number of ether oxygens (including phenoxy) is 3. The third kappa shape index (κ3) is 7.32. The van der Waals surface area contributed by atoms with Crippen LogP contribution < -0.4 is 35.6 Å². The number of amides is 2. The van der Waals surface area contributed by atoms with Gasteiger partial charge in [0.1, 0.15) is 0 Å².